The molecule has 0 radical (unpaired) electrons. The van der Waals surface area contributed by atoms with Crippen molar-refractivity contribution in [3.8, 4) is 0 Å². The van der Waals surface area contributed by atoms with Gasteiger partial charge in [-0.3, -0.25) is 0 Å². The van der Waals surface area contributed by atoms with Gasteiger partial charge in [0.1, 0.15) is 6.10 Å². The molecule has 0 aromatic carbocycles. The van der Waals surface area contributed by atoms with E-state index in [1.807, 2.05) is 0 Å². The van der Waals surface area contributed by atoms with E-state index in [0.29, 0.717) is 6.61 Å². The summed E-state index contributed by atoms with van der Waals surface area (Å²) in [4.78, 5) is 0. The van der Waals surface area contributed by atoms with Gasteiger partial charge >= 0.3 is 0 Å². The summed E-state index contributed by atoms with van der Waals surface area (Å²) >= 11 is 0. The van der Waals surface area contributed by atoms with E-state index in [1.54, 1.807) is 0 Å². The second kappa shape index (κ2) is 2.73. The minimum Gasteiger partial charge on any atom is -0.373 e. The summed E-state index contributed by atoms with van der Waals surface area (Å²) in [6.45, 7) is 1.45. The Morgan fingerprint density at radius 2 is 2.18 bits per heavy atom. The van der Waals surface area contributed by atoms with Crippen LogP contribution in [0.2, 0.25) is 0 Å². The van der Waals surface area contributed by atoms with E-state index >= 15 is 0 Å². The first kappa shape index (κ1) is 7.53. The first-order valence-electron chi connectivity index (χ1n) is 4.29. The molecule has 0 bridgehead atoms. The van der Waals surface area contributed by atoms with E-state index in [0.717, 1.165) is 32.3 Å². The molecule has 0 unspecified atom stereocenters. The van der Waals surface area contributed by atoms with Gasteiger partial charge in [-0.2, -0.15) is 0 Å². The third-order valence-corrected chi connectivity index (χ3v) is 2.46. The maximum absolute atomic E-state index is 9.84. The molecule has 0 spiro atoms. The zero-order valence-electron chi connectivity index (χ0n) is 6.58. The maximum atomic E-state index is 9.84. The van der Waals surface area contributed by atoms with Crippen LogP contribution in [0.5, 0.6) is 0 Å². The minimum absolute atomic E-state index is 0.0648. The second-order valence-electron chi connectivity index (χ2n) is 3.30. The largest absolute Gasteiger partial charge is 0.373 e. The first-order valence-corrected chi connectivity index (χ1v) is 4.29. The fourth-order valence-corrected chi connectivity index (χ4v) is 1.83. The molecule has 0 amide bonds. The van der Waals surface area contributed by atoms with Crippen molar-refractivity contribution >= 4 is 0 Å². The van der Waals surface area contributed by atoms with Crippen molar-refractivity contribution in [3.05, 3.63) is 0 Å². The zero-order chi connectivity index (χ0) is 7.73. The Balaban J connectivity index is 2.06. The van der Waals surface area contributed by atoms with Gasteiger partial charge in [-0.05, 0) is 19.3 Å². The van der Waals surface area contributed by atoms with E-state index in [2.05, 4.69) is 0 Å². The molecular formula is C8H14O3. The number of hydrogen-bond donors (Lipinski definition) is 1. The summed E-state index contributed by atoms with van der Waals surface area (Å²) in [5, 5.41) is 9.84. The van der Waals surface area contributed by atoms with Gasteiger partial charge in [0, 0.05) is 13.0 Å². The first-order chi connectivity index (χ1) is 5.31. The summed E-state index contributed by atoms with van der Waals surface area (Å²) in [7, 11) is 0. The molecule has 2 saturated heterocycles. The Kier molecular flexibility index (Phi) is 1.87. The van der Waals surface area contributed by atoms with Gasteiger partial charge in [-0.25, -0.2) is 0 Å². The van der Waals surface area contributed by atoms with Gasteiger partial charge in [-0.1, -0.05) is 0 Å². The lowest BCUT2D eigenvalue weighted by molar-refractivity contribution is -0.306. The number of fused-ring (bicyclic) bond motifs is 1. The predicted molar refractivity (Wildman–Crippen MR) is 39.1 cm³/mol. The Hall–Kier alpha value is -0.120. The van der Waals surface area contributed by atoms with Crippen molar-refractivity contribution in [2.75, 3.05) is 13.2 Å². The summed E-state index contributed by atoms with van der Waals surface area (Å²) < 4.78 is 10.7. The molecule has 0 aromatic rings. The van der Waals surface area contributed by atoms with Gasteiger partial charge in [0.25, 0.3) is 0 Å². The number of hydrogen-bond acceptors (Lipinski definition) is 3. The average molecular weight is 158 g/mol. The molecule has 1 N–H and O–H groups in total. The van der Waals surface area contributed by atoms with Gasteiger partial charge in [0.05, 0.1) is 6.61 Å². The lowest BCUT2D eigenvalue weighted by Crippen LogP contribution is -2.52. The topological polar surface area (TPSA) is 38.7 Å². The molecule has 2 aliphatic rings. The van der Waals surface area contributed by atoms with E-state index in [1.165, 1.54) is 0 Å². The molecule has 2 atom stereocenters. The van der Waals surface area contributed by atoms with Crippen LogP contribution in [0, 0.1) is 0 Å². The lowest BCUT2D eigenvalue weighted by Gasteiger charge is -2.42. The average Bonchev–Trinajstić information content (AvgIpc) is 2.03. The second-order valence-corrected chi connectivity index (χ2v) is 3.30. The highest BCUT2D eigenvalue weighted by Crippen LogP contribution is 2.32. The quantitative estimate of drug-likeness (QED) is 0.563. The molecule has 2 heterocycles. The van der Waals surface area contributed by atoms with Crippen molar-refractivity contribution in [3.63, 3.8) is 0 Å². The number of aliphatic hydroxyl groups is 1. The number of rotatable bonds is 0. The Morgan fingerprint density at radius 1 is 1.27 bits per heavy atom. The molecular weight excluding hydrogens is 144 g/mol. The highest BCUT2D eigenvalue weighted by molar-refractivity contribution is 4.84. The third-order valence-electron chi connectivity index (χ3n) is 2.46. The highest BCUT2D eigenvalue weighted by atomic mass is 16.7. The maximum Gasteiger partial charge on any atom is 0.192 e. The standard InChI is InChI=1S/C8H14O3/c9-8-4-2-5-10-7(8)3-1-6-11-8/h7,9H,1-6H2/t7-,8+/m1/s1. The molecule has 2 aliphatic heterocycles. The summed E-state index contributed by atoms with van der Waals surface area (Å²) in [6, 6.07) is 0. The molecule has 0 aromatic heterocycles. The van der Waals surface area contributed by atoms with Crippen LogP contribution in [-0.4, -0.2) is 30.2 Å². The fourth-order valence-electron chi connectivity index (χ4n) is 1.83. The predicted octanol–water partition coefficient (Wildman–Crippen LogP) is 0.664. The molecule has 64 valence electrons. The molecule has 3 heteroatoms. The summed E-state index contributed by atoms with van der Waals surface area (Å²) in [5.74, 6) is -0.948. The molecule has 2 fully saturated rings. The monoisotopic (exact) mass is 158 g/mol. The zero-order valence-corrected chi connectivity index (χ0v) is 6.58. The van der Waals surface area contributed by atoms with Crippen LogP contribution in [0.4, 0.5) is 0 Å². The van der Waals surface area contributed by atoms with Gasteiger partial charge in [0.2, 0.25) is 0 Å². The third kappa shape index (κ3) is 1.28. The van der Waals surface area contributed by atoms with Crippen molar-refractivity contribution < 1.29 is 14.6 Å². The van der Waals surface area contributed by atoms with Crippen LogP contribution in [0.1, 0.15) is 25.7 Å². The van der Waals surface area contributed by atoms with E-state index in [4.69, 9.17) is 9.47 Å². The lowest BCUT2D eigenvalue weighted by atomic mass is 9.95. The summed E-state index contributed by atoms with van der Waals surface area (Å²) in [6.07, 6.45) is 3.53. The normalized spacial score (nSPS) is 45.0. The van der Waals surface area contributed by atoms with Gasteiger partial charge in [0.15, 0.2) is 5.79 Å². The van der Waals surface area contributed by atoms with E-state index < -0.39 is 5.79 Å². The Bertz CT molecular complexity index is 134. The van der Waals surface area contributed by atoms with Crippen LogP contribution in [-0.2, 0) is 9.47 Å². The fraction of sp³-hybridized carbons (Fsp3) is 1.00. The van der Waals surface area contributed by atoms with Crippen molar-refractivity contribution in [1.29, 1.82) is 0 Å². The van der Waals surface area contributed by atoms with Gasteiger partial charge < -0.3 is 14.6 Å². The van der Waals surface area contributed by atoms with Crippen LogP contribution >= 0.6 is 0 Å². The molecule has 0 saturated carbocycles. The van der Waals surface area contributed by atoms with E-state index in [-0.39, 0.29) is 6.10 Å². The van der Waals surface area contributed by atoms with Crippen molar-refractivity contribution in [2.45, 2.75) is 37.6 Å². The number of ether oxygens (including phenoxy) is 2. The molecule has 2 rings (SSSR count). The summed E-state index contributed by atoms with van der Waals surface area (Å²) in [5.41, 5.74) is 0. The van der Waals surface area contributed by atoms with Crippen molar-refractivity contribution in [1.82, 2.24) is 0 Å². The van der Waals surface area contributed by atoms with Crippen molar-refractivity contribution in [2.24, 2.45) is 0 Å². The minimum atomic E-state index is -0.948. The molecule has 3 nitrogen and oxygen atoms in total. The highest BCUT2D eigenvalue weighted by Gasteiger charge is 2.42. The van der Waals surface area contributed by atoms with E-state index in [9.17, 15) is 5.11 Å². The molecule has 0 aliphatic carbocycles. The van der Waals surface area contributed by atoms with Crippen LogP contribution in [0.15, 0.2) is 0 Å². The van der Waals surface area contributed by atoms with Crippen LogP contribution in [0.25, 0.3) is 0 Å². The van der Waals surface area contributed by atoms with Crippen LogP contribution in [0.3, 0.4) is 0 Å². The van der Waals surface area contributed by atoms with Gasteiger partial charge in [-0.15, -0.1) is 0 Å². The molecule has 11 heavy (non-hydrogen) atoms. The Labute approximate surface area is 66.3 Å². The Morgan fingerprint density at radius 3 is 3.00 bits per heavy atom. The SMILES string of the molecule is O[C@]12CCCO[C@@H]1CCCO2. The smallest absolute Gasteiger partial charge is 0.192 e. The van der Waals surface area contributed by atoms with Crippen LogP contribution < -0.4 is 0 Å².